The number of rotatable bonds is 10. The van der Waals surface area contributed by atoms with E-state index in [1.165, 1.54) is 56.4 Å². The molecule has 0 unspecified atom stereocenters. The molecule has 0 radical (unpaired) electrons. The van der Waals surface area contributed by atoms with Crippen molar-refractivity contribution in [1.29, 1.82) is 0 Å². The van der Waals surface area contributed by atoms with E-state index in [4.69, 9.17) is 5.73 Å². The van der Waals surface area contributed by atoms with E-state index in [1.54, 1.807) is 0 Å². The third-order valence-corrected chi connectivity index (χ3v) is 9.85. The second-order valence-electron chi connectivity index (χ2n) is 6.55. The molecule has 0 fully saturated rings. The Balaban J connectivity index is 2.26. The van der Waals surface area contributed by atoms with Gasteiger partial charge in [0.2, 0.25) is 0 Å². The standard InChI is InChI=1S/C17H31BrNP/c1-20(2,18,17-13-9-8-10-14-17)16-12-7-5-3-4-6-11-15-19/h8-10,13-14H,3-7,11-12,15-16,19H2,1-2H3. The van der Waals surface area contributed by atoms with Crippen molar-refractivity contribution in [2.24, 2.45) is 5.73 Å². The first-order chi connectivity index (χ1) is 9.44. The van der Waals surface area contributed by atoms with Gasteiger partial charge in [0.1, 0.15) is 0 Å². The first-order valence-corrected chi connectivity index (χ1v) is 13.3. The Kier molecular flexibility index (Phi) is 7.72. The van der Waals surface area contributed by atoms with E-state index >= 15 is 0 Å². The summed E-state index contributed by atoms with van der Waals surface area (Å²) in [5.74, 6) is 0. The maximum absolute atomic E-state index is 5.51. The van der Waals surface area contributed by atoms with Gasteiger partial charge in [0.15, 0.2) is 0 Å². The second kappa shape index (κ2) is 8.51. The molecule has 1 aromatic rings. The Morgan fingerprint density at radius 2 is 1.35 bits per heavy atom. The zero-order chi connectivity index (χ0) is 14.9. The third kappa shape index (κ3) is 6.70. The molecule has 0 bridgehead atoms. The Hall–Kier alpha value is 0.0900. The molecule has 3 heteroatoms. The van der Waals surface area contributed by atoms with E-state index in [9.17, 15) is 0 Å². The van der Waals surface area contributed by atoms with Gasteiger partial charge in [-0.25, -0.2) is 0 Å². The number of hydrogen-bond acceptors (Lipinski definition) is 1. The zero-order valence-corrected chi connectivity index (χ0v) is 15.6. The number of nitrogens with two attached hydrogens (primary N) is 1. The molecule has 1 rings (SSSR count). The van der Waals surface area contributed by atoms with Crippen molar-refractivity contribution in [3.63, 3.8) is 0 Å². The molecule has 20 heavy (non-hydrogen) atoms. The van der Waals surface area contributed by atoms with Crippen molar-refractivity contribution in [3.8, 4) is 0 Å². The summed E-state index contributed by atoms with van der Waals surface area (Å²) < 4.78 is 0. The van der Waals surface area contributed by atoms with Crippen molar-refractivity contribution < 1.29 is 0 Å². The predicted octanol–water partition coefficient (Wildman–Crippen LogP) is 5.12. The van der Waals surface area contributed by atoms with Crippen LogP contribution in [0.5, 0.6) is 0 Å². The van der Waals surface area contributed by atoms with Crippen LogP contribution < -0.4 is 11.0 Å². The van der Waals surface area contributed by atoms with E-state index in [-0.39, 0.29) is 0 Å². The van der Waals surface area contributed by atoms with Crippen molar-refractivity contribution in [3.05, 3.63) is 30.3 Å². The number of hydrogen-bond donors (Lipinski definition) is 1. The van der Waals surface area contributed by atoms with Gasteiger partial charge >= 0.3 is 133 Å². The number of halogens is 1. The molecule has 2 N–H and O–H groups in total. The van der Waals surface area contributed by atoms with Gasteiger partial charge in [-0.05, 0) is 0 Å². The fourth-order valence-electron chi connectivity index (χ4n) is 2.61. The molecule has 0 aliphatic rings. The summed E-state index contributed by atoms with van der Waals surface area (Å²) in [5.41, 5.74) is 5.51. The fourth-order valence-corrected chi connectivity index (χ4v) is 6.56. The summed E-state index contributed by atoms with van der Waals surface area (Å²) in [6, 6.07) is 11.0. The molecule has 0 heterocycles. The van der Waals surface area contributed by atoms with Gasteiger partial charge in [0, 0.05) is 0 Å². The summed E-state index contributed by atoms with van der Waals surface area (Å²) in [5, 5.41) is -0.337. The molecule has 0 spiro atoms. The molecule has 116 valence electrons. The summed E-state index contributed by atoms with van der Waals surface area (Å²) >= 11 is 4.11. The Morgan fingerprint density at radius 3 is 1.90 bits per heavy atom. The minimum absolute atomic E-state index is 0.848. The van der Waals surface area contributed by atoms with Crippen LogP contribution in [-0.4, -0.2) is 26.0 Å². The summed E-state index contributed by atoms with van der Waals surface area (Å²) in [6.07, 6.45) is 10.6. The topological polar surface area (TPSA) is 26.0 Å². The van der Waals surface area contributed by atoms with Gasteiger partial charge in [-0.15, -0.1) is 0 Å². The molecule has 0 atom stereocenters. The van der Waals surface area contributed by atoms with Gasteiger partial charge in [-0.3, -0.25) is 0 Å². The molecule has 0 saturated carbocycles. The van der Waals surface area contributed by atoms with Crippen LogP contribution in [0.25, 0.3) is 0 Å². The minimum atomic E-state index is -1.84. The molecule has 0 saturated heterocycles. The molecule has 1 nitrogen and oxygen atoms in total. The molecule has 0 amide bonds. The van der Waals surface area contributed by atoms with Crippen molar-refractivity contribution in [2.45, 2.75) is 44.9 Å². The van der Waals surface area contributed by atoms with Gasteiger partial charge in [-0.2, -0.15) is 0 Å². The molecule has 0 aromatic heterocycles. The fraction of sp³-hybridized carbons (Fsp3) is 0.647. The molecule has 0 aliphatic carbocycles. The third-order valence-electron chi connectivity index (χ3n) is 4.06. The van der Waals surface area contributed by atoms with Gasteiger partial charge in [0.25, 0.3) is 0 Å². The van der Waals surface area contributed by atoms with Gasteiger partial charge < -0.3 is 0 Å². The van der Waals surface area contributed by atoms with Crippen molar-refractivity contribution in [1.82, 2.24) is 0 Å². The zero-order valence-electron chi connectivity index (χ0n) is 13.2. The quantitative estimate of drug-likeness (QED) is 0.455. The summed E-state index contributed by atoms with van der Waals surface area (Å²) in [4.78, 5) is 0. The van der Waals surface area contributed by atoms with Gasteiger partial charge in [-0.1, -0.05) is 0 Å². The van der Waals surface area contributed by atoms with Crippen LogP contribution in [0, 0.1) is 0 Å². The van der Waals surface area contributed by atoms with Crippen LogP contribution in [0.15, 0.2) is 30.3 Å². The number of unbranched alkanes of at least 4 members (excludes halogenated alkanes) is 6. The van der Waals surface area contributed by atoms with Crippen molar-refractivity contribution >= 4 is 26.1 Å². The van der Waals surface area contributed by atoms with E-state index in [0.29, 0.717) is 0 Å². The van der Waals surface area contributed by atoms with Gasteiger partial charge in [0.05, 0.1) is 0 Å². The summed E-state index contributed by atoms with van der Waals surface area (Å²) in [6.45, 7) is 5.71. The van der Waals surface area contributed by atoms with Crippen LogP contribution in [0.4, 0.5) is 0 Å². The maximum atomic E-state index is 5.51. The Bertz CT molecular complexity index is 370. The monoisotopic (exact) mass is 359 g/mol. The number of benzene rings is 1. The van der Waals surface area contributed by atoms with E-state index in [0.717, 1.165) is 6.54 Å². The average molecular weight is 360 g/mol. The van der Waals surface area contributed by atoms with Crippen LogP contribution in [0.3, 0.4) is 0 Å². The molecule has 0 aliphatic heterocycles. The summed E-state index contributed by atoms with van der Waals surface area (Å²) in [7, 11) is 0. The SMILES string of the molecule is CP(C)(Br)(CCCCCCCCCN)c1ccccc1. The van der Waals surface area contributed by atoms with Crippen LogP contribution in [-0.2, 0) is 0 Å². The Morgan fingerprint density at radius 1 is 0.850 bits per heavy atom. The van der Waals surface area contributed by atoms with E-state index < -0.39 is 5.31 Å². The van der Waals surface area contributed by atoms with Crippen molar-refractivity contribution in [2.75, 3.05) is 26.0 Å². The molecular weight excluding hydrogens is 329 g/mol. The average Bonchev–Trinajstić information content (AvgIpc) is 2.42. The first-order valence-electron chi connectivity index (χ1n) is 7.92. The molecule has 1 aromatic carbocycles. The van der Waals surface area contributed by atoms with E-state index in [1.807, 2.05) is 0 Å². The van der Waals surface area contributed by atoms with Crippen LogP contribution in [0.1, 0.15) is 44.9 Å². The van der Waals surface area contributed by atoms with Crippen LogP contribution in [0.2, 0.25) is 0 Å². The molecular formula is C17H31BrNP. The van der Waals surface area contributed by atoms with Crippen LogP contribution >= 0.6 is 20.8 Å². The Labute approximate surface area is 133 Å². The first kappa shape index (κ1) is 18.1. The second-order valence-corrected chi connectivity index (χ2v) is 18.8. The normalized spacial score (nSPS) is 13.9. The predicted molar refractivity (Wildman–Crippen MR) is 100 cm³/mol. The van der Waals surface area contributed by atoms with E-state index in [2.05, 4.69) is 59.2 Å².